The van der Waals surface area contributed by atoms with E-state index in [0.29, 0.717) is 0 Å². The van der Waals surface area contributed by atoms with Gasteiger partial charge in [0, 0.05) is 17.6 Å². The second kappa shape index (κ2) is 6.77. The van der Waals surface area contributed by atoms with Crippen molar-refractivity contribution >= 4 is 0 Å². The summed E-state index contributed by atoms with van der Waals surface area (Å²) in [6.07, 6.45) is 5.91. The number of rotatable bonds is 5. The normalized spacial score (nSPS) is 18.6. The van der Waals surface area contributed by atoms with Crippen molar-refractivity contribution in [3.05, 3.63) is 23.7 Å². The van der Waals surface area contributed by atoms with Crippen LogP contribution in [0.2, 0.25) is 0 Å². The fourth-order valence-corrected chi connectivity index (χ4v) is 2.74. The fourth-order valence-electron chi connectivity index (χ4n) is 2.74. The van der Waals surface area contributed by atoms with Gasteiger partial charge < -0.3 is 9.73 Å². The molecule has 3 heteroatoms. The van der Waals surface area contributed by atoms with Crippen LogP contribution in [0.3, 0.4) is 0 Å². The molecule has 1 fully saturated rings. The monoisotopic (exact) mass is 278 g/mol. The van der Waals surface area contributed by atoms with Gasteiger partial charge in [-0.05, 0) is 58.7 Å². The van der Waals surface area contributed by atoms with E-state index in [2.05, 4.69) is 44.0 Å². The van der Waals surface area contributed by atoms with Gasteiger partial charge in [-0.25, -0.2) is 0 Å². The second-order valence-corrected chi connectivity index (χ2v) is 7.15. The van der Waals surface area contributed by atoms with Crippen molar-refractivity contribution in [3.8, 4) is 0 Å². The molecule has 2 heterocycles. The molecule has 1 aliphatic rings. The third kappa shape index (κ3) is 4.95. The first-order valence-corrected chi connectivity index (χ1v) is 8.00. The molecule has 0 atom stereocenters. The van der Waals surface area contributed by atoms with E-state index in [0.717, 1.165) is 24.8 Å². The lowest BCUT2D eigenvalue weighted by molar-refractivity contribution is 0.164. The van der Waals surface area contributed by atoms with Gasteiger partial charge in [-0.15, -0.1) is 0 Å². The highest BCUT2D eigenvalue weighted by molar-refractivity contribution is 5.13. The Morgan fingerprint density at radius 1 is 1.30 bits per heavy atom. The maximum Gasteiger partial charge on any atom is 0.118 e. The van der Waals surface area contributed by atoms with Crippen LogP contribution in [0.1, 0.15) is 58.3 Å². The van der Waals surface area contributed by atoms with Gasteiger partial charge in [0.25, 0.3) is 0 Å². The van der Waals surface area contributed by atoms with E-state index in [4.69, 9.17) is 4.42 Å². The summed E-state index contributed by atoms with van der Waals surface area (Å²) in [6.45, 7) is 13.1. The molecule has 0 aliphatic carbocycles. The van der Waals surface area contributed by atoms with Crippen molar-refractivity contribution in [2.24, 2.45) is 5.92 Å². The summed E-state index contributed by atoms with van der Waals surface area (Å²) in [5.74, 6) is 2.04. The molecule has 1 saturated heterocycles. The molecule has 2 rings (SSSR count). The van der Waals surface area contributed by atoms with Crippen LogP contribution in [-0.4, -0.2) is 23.5 Å². The van der Waals surface area contributed by atoms with Gasteiger partial charge in [-0.2, -0.15) is 0 Å². The zero-order valence-electron chi connectivity index (χ0n) is 13.5. The lowest BCUT2D eigenvalue weighted by atomic mass is 9.94. The molecule has 1 aliphatic heterocycles. The first-order chi connectivity index (χ1) is 9.46. The van der Waals surface area contributed by atoms with Gasteiger partial charge in [-0.1, -0.05) is 13.3 Å². The SMILES string of the molecule is CCC1CCN(Cc2cc(CNC(C)(C)C)co2)CC1. The molecule has 0 spiro atoms. The third-order valence-corrected chi connectivity index (χ3v) is 4.19. The van der Waals surface area contributed by atoms with Crippen LogP contribution in [0, 0.1) is 5.92 Å². The van der Waals surface area contributed by atoms with Gasteiger partial charge in [-0.3, -0.25) is 4.90 Å². The number of furan rings is 1. The first-order valence-electron chi connectivity index (χ1n) is 8.00. The minimum absolute atomic E-state index is 0.152. The summed E-state index contributed by atoms with van der Waals surface area (Å²) < 4.78 is 5.70. The highest BCUT2D eigenvalue weighted by atomic mass is 16.3. The number of nitrogens with zero attached hydrogens (tertiary/aromatic N) is 1. The van der Waals surface area contributed by atoms with E-state index in [1.807, 2.05) is 6.26 Å². The Morgan fingerprint density at radius 2 is 2.00 bits per heavy atom. The molecular weight excluding hydrogens is 248 g/mol. The van der Waals surface area contributed by atoms with E-state index in [9.17, 15) is 0 Å². The van der Waals surface area contributed by atoms with Crippen molar-refractivity contribution in [2.75, 3.05) is 13.1 Å². The smallest absolute Gasteiger partial charge is 0.118 e. The lowest BCUT2D eigenvalue weighted by Gasteiger charge is -2.30. The second-order valence-electron chi connectivity index (χ2n) is 7.15. The molecule has 1 N–H and O–H groups in total. The standard InChI is InChI=1S/C17H30N2O/c1-5-14-6-8-19(9-7-14)12-16-10-15(13-20-16)11-18-17(2,3)4/h10,13-14,18H,5-9,11-12H2,1-4H3. The predicted octanol–water partition coefficient (Wildman–Crippen LogP) is 3.79. The van der Waals surface area contributed by atoms with Crippen LogP contribution in [0.4, 0.5) is 0 Å². The zero-order chi connectivity index (χ0) is 14.6. The maximum absolute atomic E-state index is 5.70. The molecule has 0 saturated carbocycles. The molecule has 0 unspecified atom stereocenters. The van der Waals surface area contributed by atoms with Gasteiger partial charge in [0.15, 0.2) is 0 Å². The summed E-state index contributed by atoms with van der Waals surface area (Å²) in [5.41, 5.74) is 1.40. The average molecular weight is 278 g/mol. The van der Waals surface area contributed by atoms with Crippen molar-refractivity contribution in [3.63, 3.8) is 0 Å². The van der Waals surface area contributed by atoms with Crippen molar-refractivity contribution in [2.45, 2.75) is 65.6 Å². The number of piperidine rings is 1. The van der Waals surface area contributed by atoms with Crippen molar-refractivity contribution in [1.29, 1.82) is 0 Å². The van der Waals surface area contributed by atoms with E-state index in [-0.39, 0.29) is 5.54 Å². The Labute approximate surface area is 123 Å². The summed E-state index contributed by atoms with van der Waals surface area (Å²) >= 11 is 0. The minimum atomic E-state index is 0.152. The molecule has 0 radical (unpaired) electrons. The molecule has 3 nitrogen and oxygen atoms in total. The number of likely N-dealkylation sites (tertiary alicyclic amines) is 1. The summed E-state index contributed by atoms with van der Waals surface area (Å²) in [4.78, 5) is 2.52. The Balaban J connectivity index is 1.78. The van der Waals surface area contributed by atoms with E-state index < -0.39 is 0 Å². The van der Waals surface area contributed by atoms with Crippen LogP contribution in [-0.2, 0) is 13.1 Å². The quantitative estimate of drug-likeness (QED) is 0.888. The number of nitrogens with one attached hydrogen (secondary N) is 1. The summed E-state index contributed by atoms with van der Waals surface area (Å²) in [6, 6.07) is 2.20. The van der Waals surface area contributed by atoms with Crippen LogP contribution >= 0.6 is 0 Å². The Bertz CT molecular complexity index is 397. The average Bonchev–Trinajstić information content (AvgIpc) is 2.84. The molecule has 0 aromatic carbocycles. The van der Waals surface area contributed by atoms with Gasteiger partial charge in [0.05, 0.1) is 12.8 Å². The Hall–Kier alpha value is -0.800. The van der Waals surface area contributed by atoms with Crippen molar-refractivity contribution < 1.29 is 4.42 Å². The molecular formula is C17H30N2O. The highest BCUT2D eigenvalue weighted by Crippen LogP contribution is 2.22. The Kier molecular flexibility index (Phi) is 5.28. The summed E-state index contributed by atoms with van der Waals surface area (Å²) in [5, 5.41) is 3.49. The fraction of sp³-hybridized carbons (Fsp3) is 0.765. The highest BCUT2D eigenvalue weighted by Gasteiger charge is 2.18. The van der Waals surface area contributed by atoms with Crippen LogP contribution in [0.5, 0.6) is 0 Å². The molecule has 20 heavy (non-hydrogen) atoms. The third-order valence-electron chi connectivity index (χ3n) is 4.19. The van der Waals surface area contributed by atoms with E-state index in [1.165, 1.54) is 37.9 Å². The van der Waals surface area contributed by atoms with Gasteiger partial charge >= 0.3 is 0 Å². The topological polar surface area (TPSA) is 28.4 Å². The predicted molar refractivity (Wildman–Crippen MR) is 83.6 cm³/mol. The van der Waals surface area contributed by atoms with E-state index in [1.54, 1.807) is 0 Å². The number of hydrogen-bond acceptors (Lipinski definition) is 3. The molecule has 0 bridgehead atoms. The minimum Gasteiger partial charge on any atom is -0.468 e. The summed E-state index contributed by atoms with van der Waals surface area (Å²) in [7, 11) is 0. The molecule has 1 aromatic heterocycles. The Morgan fingerprint density at radius 3 is 2.60 bits per heavy atom. The van der Waals surface area contributed by atoms with Crippen LogP contribution in [0.15, 0.2) is 16.7 Å². The zero-order valence-corrected chi connectivity index (χ0v) is 13.5. The maximum atomic E-state index is 5.70. The number of hydrogen-bond donors (Lipinski definition) is 1. The van der Waals surface area contributed by atoms with Crippen LogP contribution in [0.25, 0.3) is 0 Å². The van der Waals surface area contributed by atoms with Crippen molar-refractivity contribution in [1.82, 2.24) is 10.2 Å². The largest absolute Gasteiger partial charge is 0.468 e. The molecule has 0 amide bonds. The molecule has 114 valence electrons. The van der Waals surface area contributed by atoms with Gasteiger partial charge in [0.2, 0.25) is 0 Å². The molecule has 1 aromatic rings. The first kappa shape index (κ1) is 15.6. The van der Waals surface area contributed by atoms with Crippen LogP contribution < -0.4 is 5.32 Å². The van der Waals surface area contributed by atoms with E-state index >= 15 is 0 Å². The van der Waals surface area contributed by atoms with Gasteiger partial charge in [0.1, 0.15) is 5.76 Å². The lowest BCUT2D eigenvalue weighted by Crippen LogP contribution is -2.34.